The molecule has 0 aromatic carbocycles. The summed E-state index contributed by atoms with van der Waals surface area (Å²) >= 11 is 11.8. The molecule has 0 saturated heterocycles. The summed E-state index contributed by atoms with van der Waals surface area (Å²) in [6, 6.07) is 5.09. The summed E-state index contributed by atoms with van der Waals surface area (Å²) < 4.78 is 0. The van der Waals surface area contributed by atoms with Crippen LogP contribution in [0.15, 0.2) is 0 Å². The lowest BCUT2D eigenvalue weighted by Gasteiger charge is -2.11. The van der Waals surface area contributed by atoms with Gasteiger partial charge in [0.15, 0.2) is 0 Å². The van der Waals surface area contributed by atoms with Crippen LogP contribution in [0, 0.1) is 22.7 Å². The molecule has 0 radical (unpaired) electrons. The third-order valence-electron chi connectivity index (χ3n) is 1.21. The predicted molar refractivity (Wildman–Crippen MR) is 47.5 cm³/mol. The van der Waals surface area contributed by atoms with Gasteiger partial charge in [0.1, 0.15) is 0 Å². The molecule has 11 heavy (non-hydrogen) atoms. The van der Waals surface area contributed by atoms with Crippen molar-refractivity contribution in [3.63, 3.8) is 0 Å². The molecule has 0 rings (SSSR count). The molecule has 0 fully saturated rings. The first-order valence-electron chi connectivity index (χ1n) is 3.24. The Kier molecular flexibility index (Phi) is 5.32. The van der Waals surface area contributed by atoms with Gasteiger partial charge in [-0.25, -0.2) is 0 Å². The molecule has 0 aromatic rings. The maximum absolute atomic E-state index is 8.24. The van der Waals surface area contributed by atoms with E-state index in [-0.39, 0.29) is 0 Å². The Morgan fingerprint density at radius 2 is 1.36 bits per heavy atom. The van der Waals surface area contributed by atoms with Gasteiger partial charge in [0.2, 0.25) is 0 Å². The van der Waals surface area contributed by atoms with E-state index in [1.165, 1.54) is 0 Å². The lowest BCUT2D eigenvalue weighted by atomic mass is 10.5. The van der Waals surface area contributed by atoms with Crippen LogP contribution in [0.3, 0.4) is 0 Å². The van der Waals surface area contributed by atoms with Gasteiger partial charge in [0.25, 0.3) is 6.69 Å². The Balaban J connectivity index is 3.64. The number of halogens is 2. The van der Waals surface area contributed by atoms with E-state index in [0.29, 0.717) is 24.9 Å². The van der Waals surface area contributed by atoms with Crippen LogP contribution in [0.25, 0.3) is 0 Å². The molecule has 0 heterocycles. The smallest absolute Gasteiger partial charge is 0.198 e. The highest BCUT2D eigenvalue weighted by Gasteiger charge is 2.26. The van der Waals surface area contributed by atoms with Gasteiger partial charge in [-0.15, -0.1) is 22.2 Å². The molecular formula is C6H8Cl2N2Si. The van der Waals surface area contributed by atoms with E-state index in [4.69, 9.17) is 32.7 Å². The number of hydrogen-bond donors (Lipinski definition) is 0. The first-order valence-corrected chi connectivity index (χ1v) is 7.68. The van der Waals surface area contributed by atoms with Gasteiger partial charge >= 0.3 is 0 Å². The molecule has 5 heteroatoms. The van der Waals surface area contributed by atoms with E-state index in [1.807, 2.05) is 12.1 Å². The summed E-state index contributed by atoms with van der Waals surface area (Å²) in [5.74, 6) is 0. The summed E-state index contributed by atoms with van der Waals surface area (Å²) in [5.41, 5.74) is 0. The van der Waals surface area contributed by atoms with Crippen LogP contribution in [0.2, 0.25) is 12.1 Å². The molecule has 0 aliphatic rings. The van der Waals surface area contributed by atoms with Crippen LogP contribution in [-0.4, -0.2) is 6.69 Å². The molecule has 0 aliphatic heterocycles. The van der Waals surface area contributed by atoms with Gasteiger partial charge in [-0.2, -0.15) is 10.5 Å². The van der Waals surface area contributed by atoms with Gasteiger partial charge in [-0.3, -0.25) is 0 Å². The molecule has 0 aromatic heterocycles. The Hall–Kier alpha value is -0.223. The maximum atomic E-state index is 8.24. The summed E-state index contributed by atoms with van der Waals surface area (Å²) in [7, 11) is 0. The van der Waals surface area contributed by atoms with Crippen molar-refractivity contribution in [1.82, 2.24) is 0 Å². The largest absolute Gasteiger partial charge is 0.253 e. The minimum atomic E-state index is -2.25. The number of hydrogen-bond acceptors (Lipinski definition) is 2. The quantitative estimate of drug-likeness (QED) is 0.525. The zero-order valence-corrected chi connectivity index (χ0v) is 8.49. The minimum Gasteiger partial charge on any atom is -0.198 e. The lowest BCUT2D eigenvalue weighted by molar-refractivity contribution is 1.13. The summed E-state index contributed by atoms with van der Waals surface area (Å²) in [5, 5.41) is 16.5. The highest BCUT2D eigenvalue weighted by molar-refractivity contribution is 7.45. The molecule has 60 valence electrons. The second kappa shape index (κ2) is 5.43. The molecular weight excluding hydrogens is 199 g/mol. The molecule has 2 nitrogen and oxygen atoms in total. The Labute approximate surface area is 76.7 Å². The van der Waals surface area contributed by atoms with Crippen molar-refractivity contribution in [3.8, 4) is 12.1 Å². The zero-order chi connectivity index (χ0) is 8.74. The molecule has 0 amide bonds. The van der Waals surface area contributed by atoms with Crippen molar-refractivity contribution in [2.45, 2.75) is 24.9 Å². The molecule has 0 aliphatic carbocycles. The zero-order valence-electron chi connectivity index (χ0n) is 5.98. The van der Waals surface area contributed by atoms with Gasteiger partial charge < -0.3 is 0 Å². The standard InChI is InChI=1S/C6H8Cl2N2Si/c7-11(8,5-1-3-9)6-2-4-10/h1-2,5-6H2. The first-order chi connectivity index (χ1) is 5.12. The van der Waals surface area contributed by atoms with Crippen LogP contribution in [0.4, 0.5) is 0 Å². The summed E-state index contributed by atoms with van der Waals surface area (Å²) in [4.78, 5) is 0. The van der Waals surface area contributed by atoms with Crippen molar-refractivity contribution >= 4 is 28.9 Å². The van der Waals surface area contributed by atoms with Crippen LogP contribution in [0.1, 0.15) is 12.8 Å². The third kappa shape index (κ3) is 6.19. The van der Waals surface area contributed by atoms with Crippen molar-refractivity contribution in [1.29, 1.82) is 10.5 Å². The second-order valence-corrected chi connectivity index (χ2v) is 9.81. The maximum Gasteiger partial charge on any atom is 0.253 e. The van der Waals surface area contributed by atoms with Crippen LogP contribution in [0.5, 0.6) is 0 Å². The first kappa shape index (κ1) is 10.8. The van der Waals surface area contributed by atoms with Crippen LogP contribution < -0.4 is 0 Å². The van der Waals surface area contributed by atoms with Crippen LogP contribution >= 0.6 is 22.2 Å². The number of nitriles is 2. The number of nitrogens with zero attached hydrogens (tertiary/aromatic N) is 2. The van der Waals surface area contributed by atoms with Gasteiger partial charge in [-0.05, 0) is 12.1 Å². The fourth-order valence-electron chi connectivity index (χ4n) is 0.603. The van der Waals surface area contributed by atoms with Crippen molar-refractivity contribution in [3.05, 3.63) is 0 Å². The lowest BCUT2D eigenvalue weighted by Crippen LogP contribution is -2.17. The highest BCUT2D eigenvalue weighted by Crippen LogP contribution is 2.27. The fraction of sp³-hybridized carbons (Fsp3) is 0.667. The average molecular weight is 207 g/mol. The fourth-order valence-corrected chi connectivity index (χ4v) is 2.94. The van der Waals surface area contributed by atoms with E-state index < -0.39 is 6.69 Å². The Bertz CT molecular complexity index is 172. The number of rotatable bonds is 4. The Morgan fingerprint density at radius 3 is 1.64 bits per heavy atom. The molecule has 0 spiro atoms. The highest BCUT2D eigenvalue weighted by atomic mass is 35.7. The third-order valence-corrected chi connectivity index (χ3v) is 5.44. The van der Waals surface area contributed by atoms with Gasteiger partial charge in [-0.1, -0.05) is 0 Å². The minimum absolute atomic E-state index is 0.394. The van der Waals surface area contributed by atoms with E-state index in [9.17, 15) is 0 Å². The van der Waals surface area contributed by atoms with Gasteiger partial charge in [0.05, 0.1) is 12.1 Å². The Morgan fingerprint density at radius 1 is 1.00 bits per heavy atom. The summed E-state index contributed by atoms with van der Waals surface area (Å²) in [6.07, 6.45) is 0.787. The van der Waals surface area contributed by atoms with Crippen molar-refractivity contribution < 1.29 is 0 Å². The second-order valence-electron chi connectivity index (χ2n) is 2.17. The predicted octanol–water partition coefficient (Wildman–Crippen LogP) is 2.73. The molecule has 0 bridgehead atoms. The van der Waals surface area contributed by atoms with E-state index in [0.717, 1.165) is 0 Å². The van der Waals surface area contributed by atoms with Crippen LogP contribution in [-0.2, 0) is 0 Å². The molecule has 0 unspecified atom stereocenters. The molecule has 0 N–H and O–H groups in total. The molecule has 0 saturated carbocycles. The SMILES string of the molecule is N#CCC[Si](Cl)(Cl)CCC#N. The van der Waals surface area contributed by atoms with Crippen molar-refractivity contribution in [2.24, 2.45) is 0 Å². The molecule has 0 atom stereocenters. The average Bonchev–Trinajstić information content (AvgIpc) is 1.97. The topological polar surface area (TPSA) is 47.6 Å². The normalized spacial score (nSPS) is 10.2. The van der Waals surface area contributed by atoms with E-state index >= 15 is 0 Å². The van der Waals surface area contributed by atoms with E-state index in [1.54, 1.807) is 0 Å². The van der Waals surface area contributed by atoms with Gasteiger partial charge in [0, 0.05) is 12.8 Å². The van der Waals surface area contributed by atoms with Crippen molar-refractivity contribution in [2.75, 3.05) is 0 Å². The monoisotopic (exact) mass is 206 g/mol. The summed E-state index contributed by atoms with van der Waals surface area (Å²) in [6.45, 7) is -2.25. The van der Waals surface area contributed by atoms with E-state index in [2.05, 4.69) is 0 Å².